The van der Waals surface area contributed by atoms with Gasteiger partial charge in [0.05, 0.1) is 16.7 Å². The third-order valence-corrected chi connectivity index (χ3v) is 6.71. The molecule has 0 bridgehead atoms. The van der Waals surface area contributed by atoms with Gasteiger partial charge in [-0.05, 0) is 49.9 Å². The number of nitrogens with zero attached hydrogens (tertiary/aromatic N) is 4. The van der Waals surface area contributed by atoms with Crippen molar-refractivity contribution in [2.24, 2.45) is 5.73 Å². The molecule has 3 N–H and O–H groups in total. The number of anilines is 1. The first-order valence-corrected chi connectivity index (χ1v) is 10.7. The Morgan fingerprint density at radius 2 is 1.97 bits per heavy atom. The Labute approximate surface area is 183 Å². The van der Waals surface area contributed by atoms with Crippen molar-refractivity contribution in [3.05, 3.63) is 60.0 Å². The summed E-state index contributed by atoms with van der Waals surface area (Å²) < 4.78 is 16.2. The van der Waals surface area contributed by atoms with Crippen LogP contribution in [0.1, 0.15) is 36.0 Å². The number of nitrogens with two attached hydrogens (primary N) is 1. The fourth-order valence-corrected chi connectivity index (χ4v) is 4.90. The fraction of sp³-hybridized carbons (Fsp3) is 0.250. The normalized spacial score (nSPS) is 16.4. The highest BCUT2D eigenvalue weighted by Gasteiger charge is 2.44. The monoisotopic (exact) mass is 428 g/mol. The number of carbonyl (C=O) groups excluding carboxylic acids is 1. The number of hydrogen-bond acceptors (Lipinski definition) is 5. The molecule has 1 spiro atoms. The molecule has 1 aliphatic carbocycles. The van der Waals surface area contributed by atoms with Crippen LogP contribution in [0.15, 0.2) is 48.7 Å². The van der Waals surface area contributed by atoms with E-state index in [1.807, 2.05) is 28.9 Å². The van der Waals surface area contributed by atoms with E-state index in [1.165, 1.54) is 6.07 Å². The molecule has 0 unspecified atom stereocenters. The summed E-state index contributed by atoms with van der Waals surface area (Å²) in [6, 6.07) is 12.3. The molecule has 7 nitrogen and oxygen atoms in total. The van der Waals surface area contributed by atoms with Crippen LogP contribution in [-0.2, 0) is 5.54 Å². The molecule has 1 fully saturated rings. The van der Waals surface area contributed by atoms with Crippen molar-refractivity contribution in [2.45, 2.75) is 31.2 Å². The summed E-state index contributed by atoms with van der Waals surface area (Å²) in [7, 11) is 0. The van der Waals surface area contributed by atoms with Gasteiger partial charge in [-0.25, -0.2) is 14.1 Å². The minimum absolute atomic E-state index is 0.0260. The Kier molecular flexibility index (Phi) is 4.05. The summed E-state index contributed by atoms with van der Waals surface area (Å²) in [5, 5.41) is 9.10. The number of pyridine rings is 2. The van der Waals surface area contributed by atoms with Crippen LogP contribution in [0, 0.1) is 5.82 Å². The van der Waals surface area contributed by atoms with Gasteiger partial charge in [0.1, 0.15) is 22.8 Å². The van der Waals surface area contributed by atoms with Crippen molar-refractivity contribution in [2.75, 3.05) is 11.9 Å². The molecule has 6 rings (SSSR count). The molecular formula is C24H21FN6O. The summed E-state index contributed by atoms with van der Waals surface area (Å²) >= 11 is 0. The Bertz CT molecular complexity index is 1390. The van der Waals surface area contributed by atoms with Crippen LogP contribution in [0.4, 0.5) is 10.2 Å². The quantitative estimate of drug-likeness (QED) is 0.512. The minimum atomic E-state index is -0.512. The maximum atomic E-state index is 14.2. The van der Waals surface area contributed by atoms with Crippen molar-refractivity contribution >= 4 is 22.6 Å². The van der Waals surface area contributed by atoms with Gasteiger partial charge in [0.15, 0.2) is 5.82 Å². The number of halogens is 1. The molecule has 4 aromatic rings. The smallest absolute Gasteiger partial charge is 0.254 e. The molecule has 0 atom stereocenters. The first-order chi connectivity index (χ1) is 15.6. The lowest BCUT2D eigenvalue weighted by molar-refractivity contribution is 0.0996. The van der Waals surface area contributed by atoms with Gasteiger partial charge in [0.2, 0.25) is 0 Å². The topological polar surface area (TPSA) is 98.7 Å². The Morgan fingerprint density at radius 3 is 2.72 bits per heavy atom. The largest absolute Gasteiger partial charge is 0.369 e. The molecular weight excluding hydrogens is 407 g/mol. The molecule has 160 valence electrons. The number of amides is 1. The molecule has 1 saturated carbocycles. The van der Waals surface area contributed by atoms with Crippen molar-refractivity contribution in [3.8, 4) is 22.6 Å². The van der Waals surface area contributed by atoms with E-state index in [-0.39, 0.29) is 11.2 Å². The van der Waals surface area contributed by atoms with Crippen LogP contribution in [0.5, 0.6) is 0 Å². The second-order valence-electron chi connectivity index (χ2n) is 8.54. The van der Waals surface area contributed by atoms with Crippen LogP contribution in [-0.4, -0.2) is 32.2 Å². The van der Waals surface area contributed by atoms with Crippen LogP contribution in [0.2, 0.25) is 0 Å². The van der Waals surface area contributed by atoms with Crippen LogP contribution in [0.25, 0.3) is 33.5 Å². The summed E-state index contributed by atoms with van der Waals surface area (Å²) in [4.78, 5) is 21.2. The van der Waals surface area contributed by atoms with E-state index in [9.17, 15) is 9.18 Å². The first-order valence-electron chi connectivity index (χ1n) is 10.7. The number of aromatic nitrogens is 4. The molecule has 0 saturated heterocycles. The first kappa shape index (κ1) is 18.9. The molecule has 1 aromatic carbocycles. The molecule has 1 amide bonds. The maximum absolute atomic E-state index is 14.2. The van der Waals surface area contributed by atoms with E-state index >= 15 is 0 Å². The predicted octanol–water partition coefficient (Wildman–Crippen LogP) is 4.09. The number of primary amides is 1. The van der Waals surface area contributed by atoms with Gasteiger partial charge in [-0.15, -0.1) is 0 Å². The van der Waals surface area contributed by atoms with Gasteiger partial charge in [0, 0.05) is 23.7 Å². The fourth-order valence-electron chi connectivity index (χ4n) is 4.90. The van der Waals surface area contributed by atoms with Crippen molar-refractivity contribution in [1.29, 1.82) is 0 Å². The van der Waals surface area contributed by atoms with Crippen LogP contribution >= 0.6 is 0 Å². The van der Waals surface area contributed by atoms with Crippen molar-refractivity contribution in [1.82, 2.24) is 19.7 Å². The van der Waals surface area contributed by atoms with Gasteiger partial charge in [-0.1, -0.05) is 18.2 Å². The van der Waals surface area contributed by atoms with E-state index in [0.29, 0.717) is 28.3 Å². The molecule has 4 heterocycles. The predicted molar refractivity (Wildman–Crippen MR) is 120 cm³/mol. The van der Waals surface area contributed by atoms with Crippen molar-refractivity contribution < 1.29 is 9.18 Å². The Balaban J connectivity index is 1.51. The summed E-state index contributed by atoms with van der Waals surface area (Å²) in [6.07, 6.45) is 5.79. The van der Waals surface area contributed by atoms with E-state index in [0.717, 1.165) is 43.2 Å². The molecule has 8 heteroatoms. The molecule has 3 aromatic heterocycles. The van der Waals surface area contributed by atoms with E-state index < -0.39 is 11.7 Å². The van der Waals surface area contributed by atoms with Crippen LogP contribution in [0.3, 0.4) is 0 Å². The van der Waals surface area contributed by atoms with Gasteiger partial charge in [-0.2, -0.15) is 5.10 Å². The van der Waals surface area contributed by atoms with Crippen LogP contribution < -0.4 is 11.1 Å². The zero-order valence-corrected chi connectivity index (χ0v) is 17.3. The lowest BCUT2D eigenvalue weighted by Gasteiger charge is -2.45. The third-order valence-electron chi connectivity index (χ3n) is 6.71. The molecule has 1 aliphatic heterocycles. The van der Waals surface area contributed by atoms with Gasteiger partial charge in [0.25, 0.3) is 5.91 Å². The minimum Gasteiger partial charge on any atom is -0.369 e. The third kappa shape index (κ3) is 2.72. The number of carbonyl (C=O) groups is 1. The zero-order chi connectivity index (χ0) is 21.9. The van der Waals surface area contributed by atoms with Gasteiger partial charge < -0.3 is 11.1 Å². The lowest BCUT2D eigenvalue weighted by atomic mass is 9.73. The molecule has 32 heavy (non-hydrogen) atoms. The van der Waals surface area contributed by atoms with E-state index in [4.69, 9.17) is 10.8 Å². The number of nitrogens with one attached hydrogen (secondary N) is 1. The van der Waals surface area contributed by atoms with Gasteiger partial charge in [-0.3, -0.25) is 9.78 Å². The Hall–Kier alpha value is -3.81. The lowest BCUT2D eigenvalue weighted by Crippen LogP contribution is -2.46. The highest BCUT2D eigenvalue weighted by molar-refractivity contribution is 6.04. The molecule has 0 radical (unpaired) electrons. The maximum Gasteiger partial charge on any atom is 0.254 e. The highest BCUT2D eigenvalue weighted by Crippen LogP contribution is 2.47. The zero-order valence-electron chi connectivity index (χ0n) is 17.3. The second kappa shape index (κ2) is 6.85. The SMILES string of the molecule is NC(=O)c1c(-c2ccc3ccc(-c4ncccc4F)nc3c2)nn2c1NCCC21CCC1. The number of hydrogen-bond donors (Lipinski definition) is 2. The van der Waals surface area contributed by atoms with Crippen molar-refractivity contribution in [3.63, 3.8) is 0 Å². The highest BCUT2D eigenvalue weighted by atomic mass is 19.1. The summed E-state index contributed by atoms with van der Waals surface area (Å²) in [6.45, 7) is 0.795. The van der Waals surface area contributed by atoms with E-state index in [2.05, 4.69) is 15.3 Å². The van der Waals surface area contributed by atoms with E-state index in [1.54, 1.807) is 18.3 Å². The van der Waals surface area contributed by atoms with Gasteiger partial charge >= 0.3 is 0 Å². The number of rotatable bonds is 3. The standard InChI is InChI=1S/C24H21FN6O/c25-16-3-1-11-27-21(16)17-7-6-14-4-5-15(13-18(14)29-17)20-19(22(26)32)23-28-12-10-24(8-2-9-24)31(23)30-20/h1,3-7,11,13,28H,2,8-10,12H2,(H2,26,32). The Morgan fingerprint density at radius 1 is 1.12 bits per heavy atom. The second-order valence-corrected chi connectivity index (χ2v) is 8.54. The average Bonchev–Trinajstić information content (AvgIpc) is 3.18. The number of benzene rings is 1. The summed E-state index contributed by atoms with van der Waals surface area (Å²) in [5.74, 6) is -0.233. The number of fused-ring (bicyclic) bond motifs is 3. The summed E-state index contributed by atoms with van der Waals surface area (Å²) in [5.41, 5.74) is 8.78. The average molecular weight is 428 g/mol. The molecule has 2 aliphatic rings.